The van der Waals surface area contributed by atoms with Crippen molar-refractivity contribution in [2.24, 2.45) is 0 Å². The Hall–Kier alpha value is -3.09. The summed E-state index contributed by atoms with van der Waals surface area (Å²) in [6.45, 7) is 1.46. The van der Waals surface area contributed by atoms with Crippen molar-refractivity contribution in [3.63, 3.8) is 0 Å². The highest BCUT2D eigenvalue weighted by molar-refractivity contribution is 6.00. The first-order chi connectivity index (χ1) is 10.6. The number of nitrogen functional groups attached to an aromatic ring is 1. The zero-order valence-electron chi connectivity index (χ0n) is 12.2. The monoisotopic (exact) mass is 297 g/mol. The Morgan fingerprint density at radius 2 is 2.14 bits per heavy atom. The van der Waals surface area contributed by atoms with E-state index in [0.717, 1.165) is 5.52 Å². The zero-order chi connectivity index (χ0) is 15.7. The molecule has 3 rings (SSSR count). The van der Waals surface area contributed by atoms with E-state index in [1.807, 2.05) is 12.1 Å². The molecule has 0 bridgehead atoms. The van der Waals surface area contributed by atoms with Gasteiger partial charge in [0.15, 0.2) is 5.75 Å². The van der Waals surface area contributed by atoms with Crippen LogP contribution in [-0.4, -0.2) is 27.6 Å². The first-order valence-corrected chi connectivity index (χ1v) is 6.64. The third-order valence-electron chi connectivity index (χ3n) is 3.25. The number of carbonyl (C=O) groups is 1. The summed E-state index contributed by atoms with van der Waals surface area (Å²) < 4.78 is 7.07. The Morgan fingerprint density at radius 1 is 1.32 bits per heavy atom. The molecule has 0 saturated heterocycles. The summed E-state index contributed by atoms with van der Waals surface area (Å²) >= 11 is 0. The maximum atomic E-state index is 12.2. The molecule has 0 aromatic carbocycles. The molecule has 112 valence electrons. The van der Waals surface area contributed by atoms with E-state index in [-0.39, 0.29) is 5.91 Å². The van der Waals surface area contributed by atoms with Gasteiger partial charge in [-0.25, -0.2) is 9.50 Å². The van der Waals surface area contributed by atoms with Gasteiger partial charge < -0.3 is 10.5 Å². The van der Waals surface area contributed by atoms with E-state index in [1.54, 1.807) is 42.3 Å². The van der Waals surface area contributed by atoms with Crippen molar-refractivity contribution in [1.29, 1.82) is 0 Å². The maximum Gasteiger partial charge on any atom is 0.229 e. The Labute approximate surface area is 126 Å². The standard InChI is InChI=1S/C15H15N5O2/c1-10(21)20(15-7-11(16)3-5-17-15)13-8-12-4-6-18-19(12)9-14(13)22-2/h3-9H,1-2H3,(H2,16,17). The fourth-order valence-electron chi connectivity index (χ4n) is 2.28. The average Bonchev–Trinajstić information content (AvgIpc) is 2.93. The molecule has 3 aromatic heterocycles. The number of carbonyl (C=O) groups excluding carboxylic acids is 1. The lowest BCUT2D eigenvalue weighted by Crippen LogP contribution is -2.24. The minimum atomic E-state index is -0.194. The van der Waals surface area contributed by atoms with Crippen molar-refractivity contribution >= 4 is 28.6 Å². The molecule has 3 aromatic rings. The lowest BCUT2D eigenvalue weighted by Gasteiger charge is -2.22. The molecule has 2 N–H and O–H groups in total. The van der Waals surface area contributed by atoms with Crippen LogP contribution in [0.2, 0.25) is 0 Å². The number of fused-ring (bicyclic) bond motifs is 1. The second-order valence-corrected chi connectivity index (χ2v) is 4.73. The van der Waals surface area contributed by atoms with Crippen LogP contribution in [-0.2, 0) is 4.79 Å². The van der Waals surface area contributed by atoms with Gasteiger partial charge in [0.1, 0.15) is 5.82 Å². The van der Waals surface area contributed by atoms with Crippen molar-refractivity contribution in [1.82, 2.24) is 14.6 Å². The predicted octanol–water partition coefficient (Wildman–Crippen LogP) is 2.00. The van der Waals surface area contributed by atoms with Crippen LogP contribution in [0.4, 0.5) is 17.2 Å². The molecule has 0 spiro atoms. The van der Waals surface area contributed by atoms with Gasteiger partial charge in [-0.3, -0.25) is 9.69 Å². The van der Waals surface area contributed by atoms with Crippen LogP contribution in [0.25, 0.3) is 5.52 Å². The predicted molar refractivity (Wildman–Crippen MR) is 83.2 cm³/mol. The number of nitrogens with zero attached hydrogens (tertiary/aromatic N) is 4. The fourth-order valence-corrected chi connectivity index (χ4v) is 2.28. The van der Waals surface area contributed by atoms with Gasteiger partial charge in [-0.1, -0.05) is 0 Å². The maximum absolute atomic E-state index is 12.2. The second-order valence-electron chi connectivity index (χ2n) is 4.73. The number of pyridine rings is 2. The molecule has 0 radical (unpaired) electrons. The van der Waals surface area contributed by atoms with Crippen molar-refractivity contribution in [2.75, 3.05) is 17.7 Å². The first kappa shape index (κ1) is 13.9. The van der Waals surface area contributed by atoms with E-state index in [2.05, 4.69) is 10.1 Å². The van der Waals surface area contributed by atoms with Gasteiger partial charge in [-0.15, -0.1) is 0 Å². The van der Waals surface area contributed by atoms with Crippen LogP contribution in [0, 0.1) is 0 Å². The van der Waals surface area contributed by atoms with E-state index in [9.17, 15) is 4.79 Å². The van der Waals surface area contributed by atoms with Crippen molar-refractivity contribution < 1.29 is 9.53 Å². The Morgan fingerprint density at radius 3 is 2.82 bits per heavy atom. The molecule has 0 aliphatic rings. The van der Waals surface area contributed by atoms with Gasteiger partial charge in [0.2, 0.25) is 5.91 Å². The summed E-state index contributed by atoms with van der Waals surface area (Å²) in [5.41, 5.74) is 7.75. The van der Waals surface area contributed by atoms with Gasteiger partial charge in [0.25, 0.3) is 0 Å². The summed E-state index contributed by atoms with van der Waals surface area (Å²) in [6.07, 6.45) is 4.95. The summed E-state index contributed by atoms with van der Waals surface area (Å²) in [6, 6.07) is 6.97. The number of nitrogens with two attached hydrogens (primary N) is 1. The SMILES string of the molecule is COc1cn2nccc2cc1N(C(C)=O)c1cc(N)ccn1. The lowest BCUT2D eigenvalue weighted by atomic mass is 10.2. The highest BCUT2D eigenvalue weighted by Gasteiger charge is 2.21. The highest BCUT2D eigenvalue weighted by atomic mass is 16.5. The van der Waals surface area contributed by atoms with E-state index < -0.39 is 0 Å². The zero-order valence-corrected chi connectivity index (χ0v) is 12.2. The molecule has 1 amide bonds. The molecular formula is C15H15N5O2. The van der Waals surface area contributed by atoms with Gasteiger partial charge in [0.05, 0.1) is 24.5 Å². The Bertz CT molecular complexity index is 843. The Kier molecular flexibility index (Phi) is 3.38. The van der Waals surface area contributed by atoms with Crippen LogP contribution in [0.5, 0.6) is 5.75 Å². The fraction of sp³-hybridized carbons (Fsp3) is 0.133. The molecule has 0 atom stereocenters. The third kappa shape index (κ3) is 2.32. The average molecular weight is 297 g/mol. The van der Waals surface area contributed by atoms with E-state index >= 15 is 0 Å². The van der Waals surface area contributed by atoms with E-state index in [1.165, 1.54) is 11.8 Å². The quantitative estimate of drug-likeness (QED) is 0.799. The minimum Gasteiger partial charge on any atom is -0.493 e. The molecule has 7 nitrogen and oxygen atoms in total. The first-order valence-electron chi connectivity index (χ1n) is 6.64. The second kappa shape index (κ2) is 5.36. The number of amides is 1. The van der Waals surface area contributed by atoms with Crippen molar-refractivity contribution in [2.45, 2.75) is 6.92 Å². The number of rotatable bonds is 3. The topological polar surface area (TPSA) is 85.8 Å². The molecule has 0 aliphatic carbocycles. The summed E-state index contributed by atoms with van der Waals surface area (Å²) in [5.74, 6) is 0.755. The van der Waals surface area contributed by atoms with Gasteiger partial charge >= 0.3 is 0 Å². The number of anilines is 3. The van der Waals surface area contributed by atoms with Crippen molar-refractivity contribution in [3.8, 4) is 5.75 Å². The third-order valence-corrected chi connectivity index (χ3v) is 3.25. The number of hydrogen-bond donors (Lipinski definition) is 1. The van der Waals surface area contributed by atoms with Gasteiger partial charge in [-0.2, -0.15) is 5.10 Å². The number of aromatic nitrogens is 3. The normalized spacial score (nSPS) is 10.6. The lowest BCUT2D eigenvalue weighted by molar-refractivity contribution is -0.115. The molecule has 3 heterocycles. The van der Waals surface area contributed by atoms with Crippen LogP contribution < -0.4 is 15.4 Å². The molecule has 22 heavy (non-hydrogen) atoms. The minimum absolute atomic E-state index is 0.194. The smallest absolute Gasteiger partial charge is 0.229 e. The van der Waals surface area contributed by atoms with Gasteiger partial charge in [0, 0.05) is 31.1 Å². The summed E-state index contributed by atoms with van der Waals surface area (Å²) in [5, 5.41) is 4.16. The molecule has 0 unspecified atom stereocenters. The van der Waals surface area contributed by atoms with Crippen LogP contribution >= 0.6 is 0 Å². The molecule has 7 heteroatoms. The molecule has 0 saturated carbocycles. The van der Waals surface area contributed by atoms with Crippen LogP contribution in [0.3, 0.4) is 0 Å². The van der Waals surface area contributed by atoms with E-state index in [4.69, 9.17) is 10.5 Å². The Balaban J connectivity index is 2.21. The number of ether oxygens (including phenoxy) is 1. The summed E-state index contributed by atoms with van der Waals surface area (Å²) in [4.78, 5) is 17.9. The van der Waals surface area contributed by atoms with Crippen LogP contribution in [0.1, 0.15) is 6.92 Å². The number of methoxy groups -OCH3 is 1. The van der Waals surface area contributed by atoms with Crippen LogP contribution in [0.15, 0.2) is 42.9 Å². The van der Waals surface area contributed by atoms with Gasteiger partial charge in [-0.05, 0) is 18.2 Å². The molecular weight excluding hydrogens is 282 g/mol. The van der Waals surface area contributed by atoms with Crippen molar-refractivity contribution in [3.05, 3.63) is 42.9 Å². The van der Waals surface area contributed by atoms with E-state index in [0.29, 0.717) is 22.9 Å². The largest absolute Gasteiger partial charge is 0.493 e. The molecule has 0 fully saturated rings. The summed E-state index contributed by atoms with van der Waals surface area (Å²) in [7, 11) is 1.54. The molecule has 0 aliphatic heterocycles. The number of hydrogen-bond acceptors (Lipinski definition) is 5. The highest BCUT2D eigenvalue weighted by Crippen LogP contribution is 2.34.